The Balaban J connectivity index is 0.000000211. The molecule has 21 heavy (non-hydrogen) atoms. The summed E-state index contributed by atoms with van der Waals surface area (Å²) in [7, 11) is -4.27. The van der Waals surface area contributed by atoms with Crippen molar-refractivity contribution in [1.82, 2.24) is 0 Å². The van der Waals surface area contributed by atoms with Crippen molar-refractivity contribution in [3.8, 4) is 0 Å². The summed E-state index contributed by atoms with van der Waals surface area (Å²) in [6, 6.07) is 8.56. The molecule has 0 saturated carbocycles. The van der Waals surface area contributed by atoms with E-state index in [1.165, 1.54) is 30.5 Å². The second kappa shape index (κ2) is 6.77. The number of hydrogen-bond donors (Lipinski definition) is 1. The van der Waals surface area contributed by atoms with Crippen LogP contribution in [0.25, 0.3) is 0 Å². The first kappa shape index (κ1) is 16.5. The molecule has 9 heteroatoms. The fourth-order valence-corrected chi connectivity index (χ4v) is 1.72. The normalized spacial score (nSPS) is 10.4. The van der Waals surface area contributed by atoms with Gasteiger partial charge in [0.05, 0.1) is 9.82 Å². The summed E-state index contributed by atoms with van der Waals surface area (Å²) in [4.78, 5) is 11.9. The topological polar surface area (TPSA) is 140 Å². The molecule has 0 aliphatic rings. The molecule has 0 fully saturated rings. The van der Waals surface area contributed by atoms with Gasteiger partial charge in [-0.15, -0.1) is 0 Å². The number of anilines is 1. The minimum atomic E-state index is -4.27. The molecule has 2 aromatic rings. The summed E-state index contributed by atoms with van der Waals surface area (Å²) in [5, 5.41) is 10.1. The van der Waals surface area contributed by atoms with E-state index in [4.69, 9.17) is 5.73 Å². The Hall–Kier alpha value is -2.52. The molecule has 112 valence electrons. The summed E-state index contributed by atoms with van der Waals surface area (Å²) < 4.78 is 31.2. The number of nitrogens with two attached hydrogens (primary N) is 1. The highest BCUT2D eigenvalue weighted by Crippen LogP contribution is 2.08. The second-order valence-corrected chi connectivity index (χ2v) is 5.41. The van der Waals surface area contributed by atoms with E-state index < -0.39 is 15.0 Å². The summed E-state index contributed by atoms with van der Waals surface area (Å²) >= 11 is 0. The number of nitrogens with one attached hydrogen (secondary N) is 1. The van der Waals surface area contributed by atoms with Crippen molar-refractivity contribution in [2.75, 3.05) is 5.73 Å². The molecule has 0 amide bonds. The number of pyridine rings is 1. The zero-order valence-corrected chi connectivity index (χ0v) is 11.8. The Morgan fingerprint density at radius 1 is 1.14 bits per heavy atom. The number of nitrogens with zero attached hydrogens (tertiary/aromatic N) is 1. The Morgan fingerprint density at radius 2 is 1.71 bits per heavy atom. The van der Waals surface area contributed by atoms with Gasteiger partial charge in [0.25, 0.3) is 5.82 Å². The van der Waals surface area contributed by atoms with Crippen LogP contribution in [0.2, 0.25) is 0 Å². The molecule has 3 N–H and O–H groups in total. The van der Waals surface area contributed by atoms with Gasteiger partial charge in [0, 0.05) is 12.1 Å². The number of aromatic amines is 1. The van der Waals surface area contributed by atoms with E-state index >= 15 is 0 Å². The summed E-state index contributed by atoms with van der Waals surface area (Å²) in [6.45, 7) is 1.82. The number of aromatic nitrogens is 1. The largest absolute Gasteiger partial charge is 0.744 e. The SMILES string of the molecule is Cc1ccc(S(=O)(=O)[O-])cc1.Nc1ccc([N+](=O)[O-])c[nH+]1. The molecule has 0 saturated heterocycles. The number of aryl methyl sites for hydroxylation is 1. The van der Waals surface area contributed by atoms with E-state index in [-0.39, 0.29) is 10.6 Å². The fourth-order valence-electron chi connectivity index (χ4n) is 1.25. The molecule has 2 rings (SSSR count). The summed E-state index contributed by atoms with van der Waals surface area (Å²) in [5.74, 6) is 0.408. The predicted octanol–water partition coefficient (Wildman–Crippen LogP) is 0.890. The smallest absolute Gasteiger partial charge is 0.308 e. The monoisotopic (exact) mass is 311 g/mol. The third-order valence-electron chi connectivity index (χ3n) is 2.34. The third kappa shape index (κ3) is 5.55. The van der Waals surface area contributed by atoms with Gasteiger partial charge in [0.2, 0.25) is 0 Å². The van der Waals surface area contributed by atoms with Gasteiger partial charge in [-0.1, -0.05) is 17.7 Å². The van der Waals surface area contributed by atoms with Crippen molar-refractivity contribution in [3.63, 3.8) is 0 Å². The first-order valence-electron chi connectivity index (χ1n) is 5.64. The molecule has 1 aromatic carbocycles. The highest BCUT2D eigenvalue weighted by molar-refractivity contribution is 7.85. The average molecular weight is 311 g/mol. The molecule has 0 aliphatic carbocycles. The highest BCUT2D eigenvalue weighted by atomic mass is 32.2. The standard InChI is InChI=1S/C7H8O3S.C5H5N3O2/c1-6-2-4-7(5-3-6)11(8,9)10;6-5-2-1-4(3-7-5)8(9)10/h2-5H,1H3,(H,8,9,10);1-3H,(H2,6,7). The number of benzene rings is 1. The van der Waals surface area contributed by atoms with E-state index in [9.17, 15) is 23.1 Å². The summed E-state index contributed by atoms with van der Waals surface area (Å²) in [6.07, 6.45) is 1.25. The maximum atomic E-state index is 10.4. The predicted molar refractivity (Wildman–Crippen MR) is 73.2 cm³/mol. The van der Waals surface area contributed by atoms with E-state index in [0.29, 0.717) is 5.82 Å². The highest BCUT2D eigenvalue weighted by Gasteiger charge is 2.05. The van der Waals surface area contributed by atoms with Crippen LogP contribution in [0.3, 0.4) is 0 Å². The average Bonchev–Trinajstić information content (AvgIpc) is 2.39. The maximum Gasteiger partial charge on any atom is 0.308 e. The Bertz CT molecular complexity index is 712. The van der Waals surface area contributed by atoms with Crippen LogP contribution in [0.1, 0.15) is 5.56 Å². The van der Waals surface area contributed by atoms with Crippen LogP contribution in [0.4, 0.5) is 11.5 Å². The third-order valence-corrected chi connectivity index (χ3v) is 3.19. The lowest BCUT2D eigenvalue weighted by molar-refractivity contribution is -0.413. The maximum absolute atomic E-state index is 10.4. The van der Waals surface area contributed by atoms with Crippen molar-refractivity contribution >= 4 is 21.6 Å². The number of H-pyrrole nitrogens is 1. The molecule has 0 radical (unpaired) electrons. The van der Waals surface area contributed by atoms with E-state index in [1.54, 1.807) is 12.1 Å². The van der Waals surface area contributed by atoms with Crippen LogP contribution in [0.5, 0.6) is 0 Å². The minimum absolute atomic E-state index is 0.00852. The number of nitrogen functional groups attached to an aromatic ring is 1. The molecule has 8 nitrogen and oxygen atoms in total. The van der Waals surface area contributed by atoms with Gasteiger partial charge in [-0.05, 0) is 19.1 Å². The molecular formula is C12H13N3O5S. The van der Waals surface area contributed by atoms with Crippen LogP contribution < -0.4 is 10.7 Å². The Morgan fingerprint density at radius 3 is 2.10 bits per heavy atom. The second-order valence-electron chi connectivity index (χ2n) is 4.03. The molecule has 0 bridgehead atoms. The molecule has 0 atom stereocenters. The lowest BCUT2D eigenvalue weighted by atomic mass is 10.2. The van der Waals surface area contributed by atoms with Gasteiger partial charge in [-0.2, -0.15) is 0 Å². The van der Waals surface area contributed by atoms with E-state index in [1.807, 2.05) is 6.92 Å². The Kier molecular flexibility index (Phi) is 5.33. The van der Waals surface area contributed by atoms with Crippen molar-refractivity contribution in [2.45, 2.75) is 11.8 Å². The van der Waals surface area contributed by atoms with E-state index in [0.717, 1.165) is 5.56 Å². The molecule has 0 aliphatic heterocycles. The van der Waals surface area contributed by atoms with Gasteiger partial charge in [-0.25, -0.2) is 13.4 Å². The quantitative estimate of drug-likeness (QED) is 0.496. The molecule has 0 unspecified atom stereocenters. The Labute approximate surface area is 121 Å². The van der Waals surface area contributed by atoms with Crippen molar-refractivity contribution in [2.24, 2.45) is 0 Å². The van der Waals surface area contributed by atoms with Crippen LogP contribution >= 0.6 is 0 Å². The van der Waals surface area contributed by atoms with Gasteiger partial charge >= 0.3 is 5.69 Å². The molecule has 1 aromatic heterocycles. The van der Waals surface area contributed by atoms with Crippen molar-refractivity contribution in [1.29, 1.82) is 0 Å². The lowest BCUT2D eigenvalue weighted by Gasteiger charge is -2.05. The molecular weight excluding hydrogens is 298 g/mol. The van der Waals surface area contributed by atoms with Gasteiger partial charge in [-0.3, -0.25) is 15.8 Å². The lowest BCUT2D eigenvalue weighted by Crippen LogP contribution is -2.09. The van der Waals surface area contributed by atoms with Crippen LogP contribution in [0, 0.1) is 17.0 Å². The molecule has 0 spiro atoms. The minimum Gasteiger partial charge on any atom is -0.744 e. The first-order valence-corrected chi connectivity index (χ1v) is 7.05. The first-order chi connectivity index (χ1) is 9.70. The number of hydrogen-bond acceptors (Lipinski definition) is 6. The van der Waals surface area contributed by atoms with E-state index in [2.05, 4.69) is 4.98 Å². The van der Waals surface area contributed by atoms with Crippen molar-refractivity contribution in [3.05, 3.63) is 58.3 Å². The number of rotatable bonds is 2. The zero-order chi connectivity index (χ0) is 16.0. The van der Waals surface area contributed by atoms with Gasteiger partial charge in [0.1, 0.15) is 10.1 Å². The fraction of sp³-hybridized carbons (Fsp3) is 0.0833. The van der Waals surface area contributed by atoms with Crippen LogP contribution in [-0.2, 0) is 10.1 Å². The van der Waals surface area contributed by atoms with Crippen molar-refractivity contribution < 1.29 is 22.9 Å². The zero-order valence-electron chi connectivity index (χ0n) is 11.0. The van der Waals surface area contributed by atoms with Crippen LogP contribution in [0.15, 0.2) is 47.5 Å². The van der Waals surface area contributed by atoms with Gasteiger partial charge < -0.3 is 4.55 Å². The summed E-state index contributed by atoms with van der Waals surface area (Å²) in [5.41, 5.74) is 6.19. The number of nitro groups is 1. The van der Waals surface area contributed by atoms with Gasteiger partial charge in [0.15, 0.2) is 6.20 Å². The molecule has 1 heterocycles. The van der Waals surface area contributed by atoms with Crippen LogP contribution in [-0.4, -0.2) is 17.9 Å².